The minimum absolute atomic E-state index is 0.282. The Kier molecular flexibility index (Phi) is 3.92. The third-order valence-electron chi connectivity index (χ3n) is 3.56. The number of nitrogens with one attached hydrogen (secondary N) is 1. The molecule has 3 rings (SSSR count). The molecule has 1 heterocycles. The molecule has 0 aliphatic carbocycles. The number of fused-ring (bicyclic) bond motifs is 1. The normalized spacial score (nSPS) is 10.8. The van der Waals surface area contributed by atoms with Crippen molar-refractivity contribution in [3.63, 3.8) is 0 Å². The van der Waals surface area contributed by atoms with Crippen molar-refractivity contribution in [1.29, 1.82) is 0 Å². The molecule has 0 spiro atoms. The number of ether oxygens (including phenoxy) is 1. The van der Waals surface area contributed by atoms with Gasteiger partial charge in [-0.05, 0) is 36.2 Å². The van der Waals surface area contributed by atoms with Gasteiger partial charge in [-0.15, -0.1) is 0 Å². The number of esters is 1. The van der Waals surface area contributed by atoms with Crippen molar-refractivity contribution in [2.75, 3.05) is 6.61 Å². The fourth-order valence-electron chi connectivity index (χ4n) is 2.61. The van der Waals surface area contributed by atoms with E-state index in [0.29, 0.717) is 18.7 Å². The second kappa shape index (κ2) is 6.02. The van der Waals surface area contributed by atoms with Crippen LogP contribution >= 0.6 is 0 Å². The van der Waals surface area contributed by atoms with Gasteiger partial charge in [-0.2, -0.15) is 0 Å². The molecule has 0 aliphatic rings. The summed E-state index contributed by atoms with van der Waals surface area (Å²) in [6.07, 6.45) is 0.468. The molecule has 3 aromatic rings. The molecule has 0 saturated heterocycles. The lowest BCUT2D eigenvalue weighted by molar-refractivity contribution is 0.0519. The van der Waals surface area contributed by atoms with Crippen molar-refractivity contribution in [2.45, 2.75) is 13.3 Å². The average molecular weight is 297 g/mol. The fourth-order valence-corrected chi connectivity index (χ4v) is 2.61. The van der Waals surface area contributed by atoms with E-state index in [2.05, 4.69) is 4.98 Å². The number of hydrogen-bond donors (Lipinski definition) is 1. The number of benzene rings is 2. The van der Waals surface area contributed by atoms with Crippen LogP contribution in [-0.4, -0.2) is 17.6 Å². The van der Waals surface area contributed by atoms with Crippen LogP contribution in [0, 0.1) is 5.82 Å². The number of aromatic amines is 1. The minimum Gasteiger partial charge on any atom is -0.461 e. The molecule has 0 atom stereocenters. The Morgan fingerprint density at radius 1 is 1.18 bits per heavy atom. The van der Waals surface area contributed by atoms with Crippen LogP contribution in [0.3, 0.4) is 0 Å². The first-order valence-corrected chi connectivity index (χ1v) is 7.20. The van der Waals surface area contributed by atoms with Crippen molar-refractivity contribution < 1.29 is 13.9 Å². The van der Waals surface area contributed by atoms with Crippen LogP contribution in [-0.2, 0) is 11.2 Å². The Morgan fingerprint density at radius 2 is 2.00 bits per heavy atom. The molecule has 0 amide bonds. The maximum absolute atomic E-state index is 13.4. The summed E-state index contributed by atoms with van der Waals surface area (Å²) in [5.41, 5.74) is 2.96. The molecule has 0 fully saturated rings. The van der Waals surface area contributed by atoms with E-state index in [1.165, 1.54) is 12.1 Å². The van der Waals surface area contributed by atoms with Gasteiger partial charge in [0.25, 0.3) is 0 Å². The van der Waals surface area contributed by atoms with Gasteiger partial charge in [-0.25, -0.2) is 9.18 Å². The Balaban J connectivity index is 2.09. The number of aromatic nitrogens is 1. The second-order valence-corrected chi connectivity index (χ2v) is 5.05. The van der Waals surface area contributed by atoms with E-state index in [1.807, 2.05) is 30.3 Å². The topological polar surface area (TPSA) is 42.1 Å². The first kappa shape index (κ1) is 14.3. The maximum Gasteiger partial charge on any atom is 0.355 e. The van der Waals surface area contributed by atoms with Crippen molar-refractivity contribution in [3.8, 4) is 0 Å². The first-order chi connectivity index (χ1) is 10.7. The molecule has 0 saturated carbocycles. The Hall–Kier alpha value is -2.62. The van der Waals surface area contributed by atoms with Gasteiger partial charge in [0.2, 0.25) is 0 Å². The number of carbonyl (C=O) groups excluding carboxylic acids is 1. The summed E-state index contributed by atoms with van der Waals surface area (Å²) in [5.74, 6) is -0.667. The maximum atomic E-state index is 13.4. The summed E-state index contributed by atoms with van der Waals surface area (Å²) in [7, 11) is 0. The van der Waals surface area contributed by atoms with Gasteiger partial charge in [0.1, 0.15) is 11.5 Å². The van der Waals surface area contributed by atoms with Gasteiger partial charge in [-0.1, -0.05) is 30.3 Å². The Morgan fingerprint density at radius 3 is 2.77 bits per heavy atom. The van der Waals surface area contributed by atoms with Crippen LogP contribution in [0.25, 0.3) is 10.9 Å². The zero-order valence-electron chi connectivity index (χ0n) is 12.2. The van der Waals surface area contributed by atoms with E-state index in [4.69, 9.17) is 4.74 Å². The number of rotatable bonds is 4. The Labute approximate surface area is 127 Å². The summed E-state index contributed by atoms with van der Waals surface area (Å²) >= 11 is 0. The number of H-pyrrole nitrogens is 1. The molecule has 0 bridgehead atoms. The molecule has 4 heteroatoms. The molecule has 1 N–H and O–H groups in total. The lowest BCUT2D eigenvalue weighted by Crippen LogP contribution is -2.08. The van der Waals surface area contributed by atoms with Crippen molar-refractivity contribution in [3.05, 3.63) is 71.2 Å². The molecule has 112 valence electrons. The van der Waals surface area contributed by atoms with Gasteiger partial charge < -0.3 is 9.72 Å². The monoisotopic (exact) mass is 297 g/mol. The van der Waals surface area contributed by atoms with E-state index in [0.717, 1.165) is 22.0 Å². The van der Waals surface area contributed by atoms with Crippen LogP contribution in [0.4, 0.5) is 4.39 Å². The number of carbonyl (C=O) groups is 1. The van der Waals surface area contributed by atoms with E-state index >= 15 is 0 Å². The van der Waals surface area contributed by atoms with E-state index in [-0.39, 0.29) is 11.8 Å². The van der Waals surface area contributed by atoms with Crippen LogP contribution in [0.1, 0.15) is 28.5 Å². The Bertz CT molecular complexity index is 823. The highest BCUT2D eigenvalue weighted by atomic mass is 19.1. The molecule has 22 heavy (non-hydrogen) atoms. The second-order valence-electron chi connectivity index (χ2n) is 5.05. The highest BCUT2D eigenvalue weighted by Crippen LogP contribution is 2.26. The van der Waals surface area contributed by atoms with Crippen molar-refractivity contribution in [2.24, 2.45) is 0 Å². The smallest absolute Gasteiger partial charge is 0.355 e. The van der Waals surface area contributed by atoms with Crippen molar-refractivity contribution in [1.82, 2.24) is 4.98 Å². The van der Waals surface area contributed by atoms with Crippen LogP contribution in [0.15, 0.2) is 48.5 Å². The predicted octanol–water partition coefficient (Wildman–Crippen LogP) is 4.07. The number of halogens is 1. The molecule has 1 aromatic heterocycles. The molecular weight excluding hydrogens is 281 g/mol. The SMILES string of the molecule is CCOC(=O)c1[nH]c2ccccc2c1Cc1cccc(F)c1. The molecule has 2 aromatic carbocycles. The number of para-hydroxylation sites is 1. The minimum atomic E-state index is -0.384. The fraction of sp³-hybridized carbons (Fsp3) is 0.167. The van der Waals surface area contributed by atoms with E-state index < -0.39 is 0 Å². The van der Waals surface area contributed by atoms with Crippen molar-refractivity contribution >= 4 is 16.9 Å². The first-order valence-electron chi connectivity index (χ1n) is 7.20. The quantitative estimate of drug-likeness (QED) is 0.737. The summed E-state index contributed by atoms with van der Waals surface area (Å²) in [6.45, 7) is 2.08. The average Bonchev–Trinajstić information content (AvgIpc) is 2.87. The predicted molar refractivity (Wildman–Crippen MR) is 83.5 cm³/mol. The molecule has 3 nitrogen and oxygen atoms in total. The van der Waals surface area contributed by atoms with Gasteiger partial charge >= 0.3 is 5.97 Å². The highest BCUT2D eigenvalue weighted by Gasteiger charge is 2.18. The lowest BCUT2D eigenvalue weighted by atomic mass is 10.0. The third kappa shape index (κ3) is 2.72. The zero-order chi connectivity index (χ0) is 15.5. The van der Waals surface area contributed by atoms with Gasteiger partial charge in [0.05, 0.1) is 6.61 Å². The van der Waals surface area contributed by atoms with Gasteiger partial charge in [-0.3, -0.25) is 0 Å². The standard InChI is InChI=1S/C18H16FNO2/c1-2-22-18(21)17-15(11-12-6-5-7-13(19)10-12)14-8-3-4-9-16(14)20-17/h3-10,20H,2,11H2,1H3. The largest absolute Gasteiger partial charge is 0.461 e. The summed E-state index contributed by atoms with van der Waals surface area (Å²) in [5, 5.41) is 0.954. The van der Waals surface area contributed by atoms with E-state index in [1.54, 1.807) is 13.0 Å². The highest BCUT2D eigenvalue weighted by molar-refractivity contribution is 5.98. The molecule has 0 aliphatic heterocycles. The summed E-state index contributed by atoms with van der Waals surface area (Å²) < 4.78 is 18.5. The lowest BCUT2D eigenvalue weighted by Gasteiger charge is -2.05. The third-order valence-corrected chi connectivity index (χ3v) is 3.56. The molecular formula is C18H16FNO2. The van der Waals surface area contributed by atoms with Crippen LogP contribution in [0.5, 0.6) is 0 Å². The summed E-state index contributed by atoms with van der Waals surface area (Å²) in [4.78, 5) is 15.3. The number of hydrogen-bond acceptors (Lipinski definition) is 2. The van der Waals surface area contributed by atoms with Crippen LogP contribution in [0.2, 0.25) is 0 Å². The summed E-state index contributed by atoms with van der Waals surface area (Å²) in [6, 6.07) is 14.1. The molecule has 0 unspecified atom stereocenters. The molecule has 0 radical (unpaired) electrons. The van der Waals surface area contributed by atoms with Crippen LogP contribution < -0.4 is 0 Å². The zero-order valence-corrected chi connectivity index (χ0v) is 12.2. The van der Waals surface area contributed by atoms with Gasteiger partial charge in [0, 0.05) is 17.3 Å². The van der Waals surface area contributed by atoms with E-state index in [9.17, 15) is 9.18 Å². The van der Waals surface area contributed by atoms with Gasteiger partial charge in [0.15, 0.2) is 0 Å².